The Hall–Kier alpha value is -3.34. The Labute approximate surface area is 138 Å². The highest BCUT2D eigenvalue weighted by atomic mass is 16.5. The molecular weight excluding hydrogens is 306 g/mol. The Bertz CT molecular complexity index is 890. The van der Waals surface area contributed by atoms with Gasteiger partial charge in [0.15, 0.2) is 0 Å². The zero-order valence-corrected chi connectivity index (χ0v) is 12.7. The highest BCUT2D eigenvalue weighted by Crippen LogP contribution is 2.27. The normalized spacial score (nSPS) is 10.3. The van der Waals surface area contributed by atoms with Crippen LogP contribution in [0.2, 0.25) is 0 Å². The molecule has 0 bridgehead atoms. The van der Waals surface area contributed by atoms with Gasteiger partial charge in [0.1, 0.15) is 6.61 Å². The first-order valence-corrected chi connectivity index (χ1v) is 7.38. The van der Waals surface area contributed by atoms with E-state index in [2.05, 4.69) is 5.32 Å². The number of hydrogen-bond acceptors (Lipinski definition) is 3. The first kappa shape index (κ1) is 15.6. The second kappa shape index (κ2) is 6.83. The molecule has 0 spiro atoms. The second-order valence-electron chi connectivity index (χ2n) is 5.20. The number of rotatable bonds is 4. The molecular formula is C19H15NO4. The van der Waals surface area contributed by atoms with E-state index in [9.17, 15) is 14.7 Å². The van der Waals surface area contributed by atoms with Crippen LogP contribution in [0.5, 0.6) is 0 Å². The largest absolute Gasteiger partial charge is 0.478 e. The van der Waals surface area contributed by atoms with Crippen molar-refractivity contribution in [3.8, 4) is 0 Å². The van der Waals surface area contributed by atoms with E-state index in [0.717, 1.165) is 5.56 Å². The van der Waals surface area contributed by atoms with Gasteiger partial charge in [-0.25, -0.2) is 9.59 Å². The zero-order chi connectivity index (χ0) is 16.9. The Morgan fingerprint density at radius 1 is 0.875 bits per heavy atom. The molecule has 0 saturated carbocycles. The molecule has 0 atom stereocenters. The summed E-state index contributed by atoms with van der Waals surface area (Å²) in [6.07, 6.45) is -0.591. The van der Waals surface area contributed by atoms with Crippen molar-refractivity contribution in [1.82, 2.24) is 0 Å². The lowest BCUT2D eigenvalue weighted by Gasteiger charge is -2.11. The number of carboxylic acids is 1. The molecule has 0 unspecified atom stereocenters. The third-order valence-electron chi connectivity index (χ3n) is 3.60. The monoisotopic (exact) mass is 321 g/mol. The van der Waals surface area contributed by atoms with Gasteiger partial charge in [0.25, 0.3) is 0 Å². The molecule has 24 heavy (non-hydrogen) atoms. The van der Waals surface area contributed by atoms with Crippen LogP contribution in [0.3, 0.4) is 0 Å². The number of ether oxygens (including phenoxy) is 1. The first-order chi connectivity index (χ1) is 11.6. The maximum Gasteiger partial charge on any atom is 0.411 e. The highest BCUT2D eigenvalue weighted by Gasteiger charge is 2.13. The predicted molar refractivity (Wildman–Crippen MR) is 91.2 cm³/mol. The molecule has 0 aliphatic rings. The number of benzene rings is 3. The standard InChI is InChI=1S/C19H15NO4/c21-18(22)16-10-11-17(15-9-5-4-8-14(15)16)20-19(23)24-12-13-6-2-1-3-7-13/h1-11H,12H2,(H,20,23)(H,21,22). The van der Waals surface area contributed by atoms with E-state index in [-0.39, 0.29) is 12.2 Å². The lowest BCUT2D eigenvalue weighted by Crippen LogP contribution is -2.14. The molecule has 0 saturated heterocycles. The van der Waals surface area contributed by atoms with Crippen LogP contribution in [0.1, 0.15) is 15.9 Å². The average molecular weight is 321 g/mol. The maximum absolute atomic E-state index is 12.0. The topological polar surface area (TPSA) is 75.6 Å². The first-order valence-electron chi connectivity index (χ1n) is 7.38. The van der Waals surface area contributed by atoms with Gasteiger partial charge in [0.2, 0.25) is 0 Å². The molecule has 120 valence electrons. The summed E-state index contributed by atoms with van der Waals surface area (Å²) in [7, 11) is 0. The summed E-state index contributed by atoms with van der Waals surface area (Å²) < 4.78 is 5.19. The molecule has 0 heterocycles. The summed E-state index contributed by atoms with van der Waals surface area (Å²) in [4.78, 5) is 23.3. The summed E-state index contributed by atoms with van der Waals surface area (Å²) in [5, 5.41) is 13.1. The molecule has 0 aliphatic carbocycles. The van der Waals surface area contributed by atoms with Crippen LogP contribution in [0, 0.1) is 0 Å². The third kappa shape index (κ3) is 3.35. The van der Waals surface area contributed by atoms with E-state index in [4.69, 9.17) is 4.74 Å². The van der Waals surface area contributed by atoms with Crippen molar-refractivity contribution in [2.24, 2.45) is 0 Å². The summed E-state index contributed by atoms with van der Waals surface area (Å²) in [6.45, 7) is 0.164. The number of carbonyl (C=O) groups excluding carboxylic acids is 1. The van der Waals surface area contributed by atoms with Gasteiger partial charge in [-0.1, -0.05) is 54.6 Å². The van der Waals surface area contributed by atoms with Crippen molar-refractivity contribution in [3.05, 3.63) is 77.9 Å². The molecule has 5 heteroatoms. The number of carbonyl (C=O) groups is 2. The van der Waals surface area contributed by atoms with Crippen LogP contribution >= 0.6 is 0 Å². The van der Waals surface area contributed by atoms with Gasteiger partial charge in [-0.3, -0.25) is 5.32 Å². The zero-order valence-electron chi connectivity index (χ0n) is 12.7. The summed E-state index contributed by atoms with van der Waals surface area (Å²) in [5.41, 5.74) is 1.58. The van der Waals surface area contributed by atoms with Gasteiger partial charge >= 0.3 is 12.1 Å². The van der Waals surface area contributed by atoms with Crippen LogP contribution < -0.4 is 5.32 Å². The van der Waals surface area contributed by atoms with E-state index in [1.54, 1.807) is 30.3 Å². The molecule has 2 N–H and O–H groups in total. The number of amides is 1. The van der Waals surface area contributed by atoms with Gasteiger partial charge in [-0.15, -0.1) is 0 Å². The number of carboxylic acid groups (broad SMARTS) is 1. The van der Waals surface area contributed by atoms with Crippen LogP contribution in [0.25, 0.3) is 10.8 Å². The van der Waals surface area contributed by atoms with E-state index >= 15 is 0 Å². The maximum atomic E-state index is 12.0. The average Bonchev–Trinajstić information content (AvgIpc) is 2.61. The minimum Gasteiger partial charge on any atom is -0.478 e. The fraction of sp³-hybridized carbons (Fsp3) is 0.0526. The minimum atomic E-state index is -1.01. The van der Waals surface area contributed by atoms with E-state index in [1.165, 1.54) is 6.07 Å². The molecule has 3 aromatic rings. The molecule has 0 aromatic heterocycles. The number of anilines is 1. The van der Waals surface area contributed by atoms with Gasteiger partial charge in [0, 0.05) is 5.39 Å². The molecule has 3 rings (SSSR count). The Morgan fingerprint density at radius 2 is 1.54 bits per heavy atom. The van der Waals surface area contributed by atoms with Crippen LogP contribution in [0.4, 0.5) is 10.5 Å². The molecule has 0 fully saturated rings. The Balaban J connectivity index is 1.79. The van der Waals surface area contributed by atoms with Crippen molar-refractivity contribution < 1.29 is 19.4 Å². The van der Waals surface area contributed by atoms with Gasteiger partial charge in [-0.05, 0) is 23.1 Å². The van der Waals surface area contributed by atoms with Gasteiger partial charge in [0.05, 0.1) is 11.3 Å². The number of hydrogen-bond donors (Lipinski definition) is 2. The second-order valence-corrected chi connectivity index (χ2v) is 5.20. The van der Waals surface area contributed by atoms with Gasteiger partial charge in [-0.2, -0.15) is 0 Å². The van der Waals surface area contributed by atoms with Crippen LogP contribution in [-0.4, -0.2) is 17.2 Å². The summed E-state index contributed by atoms with van der Waals surface area (Å²) >= 11 is 0. The van der Waals surface area contributed by atoms with Crippen molar-refractivity contribution >= 4 is 28.5 Å². The third-order valence-corrected chi connectivity index (χ3v) is 3.60. The van der Waals surface area contributed by atoms with E-state index in [1.807, 2.05) is 30.3 Å². The Morgan fingerprint density at radius 3 is 2.25 bits per heavy atom. The Kier molecular flexibility index (Phi) is 4.43. The molecule has 5 nitrogen and oxygen atoms in total. The molecule has 0 radical (unpaired) electrons. The molecule has 0 aliphatic heterocycles. The van der Waals surface area contributed by atoms with Crippen LogP contribution in [-0.2, 0) is 11.3 Å². The quantitative estimate of drug-likeness (QED) is 0.752. The fourth-order valence-corrected chi connectivity index (χ4v) is 2.46. The highest BCUT2D eigenvalue weighted by molar-refractivity contribution is 6.09. The number of fused-ring (bicyclic) bond motifs is 1. The minimum absolute atomic E-state index is 0.164. The van der Waals surface area contributed by atoms with Crippen molar-refractivity contribution in [3.63, 3.8) is 0 Å². The number of nitrogens with one attached hydrogen (secondary N) is 1. The van der Waals surface area contributed by atoms with E-state index < -0.39 is 12.1 Å². The van der Waals surface area contributed by atoms with Crippen molar-refractivity contribution in [2.45, 2.75) is 6.61 Å². The smallest absolute Gasteiger partial charge is 0.411 e. The lowest BCUT2D eigenvalue weighted by atomic mass is 10.0. The van der Waals surface area contributed by atoms with Crippen LogP contribution in [0.15, 0.2) is 66.7 Å². The van der Waals surface area contributed by atoms with Crippen molar-refractivity contribution in [2.75, 3.05) is 5.32 Å². The van der Waals surface area contributed by atoms with Gasteiger partial charge < -0.3 is 9.84 Å². The molecule has 3 aromatic carbocycles. The SMILES string of the molecule is O=C(Nc1ccc(C(=O)O)c2ccccc12)OCc1ccccc1. The number of aromatic carboxylic acids is 1. The summed E-state index contributed by atoms with van der Waals surface area (Å²) in [6, 6.07) is 19.4. The lowest BCUT2D eigenvalue weighted by molar-refractivity contribution is 0.0699. The summed E-state index contributed by atoms with van der Waals surface area (Å²) in [5.74, 6) is -1.01. The van der Waals surface area contributed by atoms with E-state index in [0.29, 0.717) is 16.5 Å². The fourth-order valence-electron chi connectivity index (χ4n) is 2.46. The van der Waals surface area contributed by atoms with Crippen molar-refractivity contribution in [1.29, 1.82) is 0 Å². The molecule has 1 amide bonds. The predicted octanol–water partition coefficient (Wildman–Crippen LogP) is 4.29.